The van der Waals surface area contributed by atoms with E-state index in [1.54, 1.807) is 0 Å². The van der Waals surface area contributed by atoms with Gasteiger partial charge in [0.1, 0.15) is 5.84 Å². The fourth-order valence-electron chi connectivity index (χ4n) is 2.10. The lowest BCUT2D eigenvalue weighted by Gasteiger charge is -2.08. The van der Waals surface area contributed by atoms with Crippen LogP contribution in [0.5, 0.6) is 0 Å². The number of hydrogen-bond donors (Lipinski definition) is 3. The van der Waals surface area contributed by atoms with E-state index in [1.165, 1.54) is 25.7 Å². The number of nitrogens with two attached hydrogens (primary N) is 1. The first-order valence-corrected chi connectivity index (χ1v) is 5.95. The van der Waals surface area contributed by atoms with Gasteiger partial charge in [0, 0.05) is 19.4 Å². The topological polar surface area (TPSA) is 87.7 Å². The largest absolute Gasteiger partial charge is 0.409 e. The van der Waals surface area contributed by atoms with Crippen molar-refractivity contribution in [1.29, 1.82) is 0 Å². The second-order valence-corrected chi connectivity index (χ2v) is 4.38. The maximum Gasteiger partial charge on any atom is 0.220 e. The minimum absolute atomic E-state index is 0.0673. The normalized spacial score (nSPS) is 17.6. The summed E-state index contributed by atoms with van der Waals surface area (Å²) in [5.41, 5.74) is 5.28. The lowest BCUT2D eigenvalue weighted by molar-refractivity contribution is -0.121. The van der Waals surface area contributed by atoms with E-state index in [0.29, 0.717) is 19.4 Å². The summed E-state index contributed by atoms with van der Waals surface area (Å²) in [6.45, 7) is 0.444. The van der Waals surface area contributed by atoms with Crippen LogP contribution in [0.4, 0.5) is 0 Å². The fraction of sp³-hybridized carbons (Fsp3) is 0.818. The van der Waals surface area contributed by atoms with Gasteiger partial charge in [0.25, 0.3) is 0 Å². The molecule has 0 aromatic carbocycles. The highest BCUT2D eigenvalue weighted by molar-refractivity contribution is 5.81. The molecule has 92 valence electrons. The molecule has 0 aliphatic heterocycles. The number of amidine groups is 1. The molecule has 0 saturated heterocycles. The molecule has 0 spiro atoms. The molecular formula is C11H21N3O2. The van der Waals surface area contributed by atoms with Crippen LogP contribution in [0.1, 0.15) is 44.9 Å². The van der Waals surface area contributed by atoms with Crippen LogP contribution in [-0.2, 0) is 4.79 Å². The summed E-state index contributed by atoms with van der Waals surface area (Å²) in [5.74, 6) is 0.962. The van der Waals surface area contributed by atoms with E-state index < -0.39 is 0 Å². The van der Waals surface area contributed by atoms with Crippen molar-refractivity contribution >= 4 is 11.7 Å². The Kier molecular flexibility index (Phi) is 5.67. The summed E-state index contributed by atoms with van der Waals surface area (Å²) in [6.07, 6.45) is 7.17. The lowest BCUT2D eigenvalue weighted by atomic mass is 10.0. The van der Waals surface area contributed by atoms with Gasteiger partial charge >= 0.3 is 0 Å². The predicted molar refractivity (Wildman–Crippen MR) is 62.2 cm³/mol. The summed E-state index contributed by atoms with van der Waals surface area (Å²) in [4.78, 5) is 11.4. The molecule has 1 saturated carbocycles. The van der Waals surface area contributed by atoms with Crippen LogP contribution in [0.15, 0.2) is 5.16 Å². The standard InChI is InChI=1S/C11H21N3O2/c12-10(14-16)7-8-13-11(15)6-5-9-3-1-2-4-9/h9,16H,1-8H2,(H2,12,14)(H,13,15). The third kappa shape index (κ3) is 5.00. The second kappa shape index (κ2) is 7.09. The molecule has 0 radical (unpaired) electrons. The Morgan fingerprint density at radius 2 is 2.06 bits per heavy atom. The average Bonchev–Trinajstić information content (AvgIpc) is 2.79. The van der Waals surface area contributed by atoms with Crippen LogP contribution in [-0.4, -0.2) is 23.5 Å². The number of amides is 1. The molecule has 16 heavy (non-hydrogen) atoms. The number of nitrogens with zero attached hydrogens (tertiary/aromatic N) is 1. The van der Waals surface area contributed by atoms with Crippen molar-refractivity contribution in [2.45, 2.75) is 44.9 Å². The first-order chi connectivity index (χ1) is 7.72. The summed E-state index contributed by atoms with van der Waals surface area (Å²) in [5, 5.41) is 13.9. The molecule has 0 atom stereocenters. The molecule has 0 heterocycles. The number of carbonyl (C=O) groups is 1. The van der Waals surface area contributed by atoms with E-state index in [-0.39, 0.29) is 11.7 Å². The van der Waals surface area contributed by atoms with E-state index in [4.69, 9.17) is 10.9 Å². The van der Waals surface area contributed by atoms with Crippen LogP contribution in [0.3, 0.4) is 0 Å². The van der Waals surface area contributed by atoms with Gasteiger partial charge < -0.3 is 16.3 Å². The summed E-state index contributed by atoms with van der Waals surface area (Å²) in [6, 6.07) is 0. The van der Waals surface area contributed by atoms with Crippen LogP contribution in [0, 0.1) is 5.92 Å². The van der Waals surface area contributed by atoms with Gasteiger partial charge in [-0.3, -0.25) is 4.79 Å². The number of carbonyl (C=O) groups excluding carboxylic acids is 1. The highest BCUT2D eigenvalue weighted by Crippen LogP contribution is 2.28. The van der Waals surface area contributed by atoms with E-state index in [9.17, 15) is 4.79 Å². The van der Waals surface area contributed by atoms with E-state index >= 15 is 0 Å². The average molecular weight is 227 g/mol. The molecule has 1 aliphatic carbocycles. The smallest absolute Gasteiger partial charge is 0.220 e. The molecule has 5 nitrogen and oxygen atoms in total. The Bertz CT molecular complexity index is 248. The zero-order valence-electron chi connectivity index (χ0n) is 9.61. The Morgan fingerprint density at radius 3 is 2.69 bits per heavy atom. The van der Waals surface area contributed by atoms with Gasteiger partial charge in [0.05, 0.1) is 0 Å². The Morgan fingerprint density at radius 1 is 1.38 bits per heavy atom. The molecule has 0 aromatic rings. The molecule has 1 aliphatic rings. The van der Waals surface area contributed by atoms with Crippen molar-refractivity contribution in [1.82, 2.24) is 5.32 Å². The van der Waals surface area contributed by atoms with E-state index in [0.717, 1.165) is 12.3 Å². The summed E-state index contributed by atoms with van der Waals surface area (Å²) in [7, 11) is 0. The molecule has 4 N–H and O–H groups in total. The van der Waals surface area contributed by atoms with Gasteiger partial charge in [0.2, 0.25) is 5.91 Å². The van der Waals surface area contributed by atoms with Crippen molar-refractivity contribution < 1.29 is 10.0 Å². The Labute approximate surface area is 96.1 Å². The van der Waals surface area contributed by atoms with Gasteiger partial charge in [-0.05, 0) is 12.3 Å². The van der Waals surface area contributed by atoms with Crippen LogP contribution >= 0.6 is 0 Å². The summed E-state index contributed by atoms with van der Waals surface area (Å²) < 4.78 is 0. The molecule has 1 rings (SSSR count). The highest BCUT2D eigenvalue weighted by Gasteiger charge is 2.15. The number of nitrogens with one attached hydrogen (secondary N) is 1. The van der Waals surface area contributed by atoms with Crippen molar-refractivity contribution in [3.05, 3.63) is 0 Å². The predicted octanol–water partition coefficient (Wildman–Crippen LogP) is 1.21. The van der Waals surface area contributed by atoms with Gasteiger partial charge in [0.15, 0.2) is 0 Å². The molecular weight excluding hydrogens is 206 g/mol. The fourth-order valence-corrected chi connectivity index (χ4v) is 2.10. The first-order valence-electron chi connectivity index (χ1n) is 5.95. The van der Waals surface area contributed by atoms with Crippen molar-refractivity contribution in [2.75, 3.05) is 6.54 Å². The zero-order chi connectivity index (χ0) is 11.8. The molecule has 0 aromatic heterocycles. The Balaban J connectivity index is 2.02. The van der Waals surface area contributed by atoms with Crippen LogP contribution < -0.4 is 11.1 Å². The van der Waals surface area contributed by atoms with Gasteiger partial charge in [-0.25, -0.2) is 0 Å². The van der Waals surface area contributed by atoms with Crippen molar-refractivity contribution in [2.24, 2.45) is 16.8 Å². The molecule has 1 amide bonds. The lowest BCUT2D eigenvalue weighted by Crippen LogP contribution is -2.28. The van der Waals surface area contributed by atoms with Crippen molar-refractivity contribution in [3.8, 4) is 0 Å². The third-order valence-corrected chi connectivity index (χ3v) is 3.09. The Hall–Kier alpha value is -1.26. The molecule has 5 heteroatoms. The van der Waals surface area contributed by atoms with Gasteiger partial charge in [-0.15, -0.1) is 0 Å². The van der Waals surface area contributed by atoms with Gasteiger partial charge in [-0.1, -0.05) is 30.8 Å². The van der Waals surface area contributed by atoms with Gasteiger partial charge in [-0.2, -0.15) is 0 Å². The SMILES string of the molecule is NC(CCNC(=O)CCC1CCCC1)=NO. The summed E-state index contributed by atoms with van der Waals surface area (Å²) >= 11 is 0. The molecule has 1 fully saturated rings. The molecule has 0 unspecified atom stereocenters. The van der Waals surface area contributed by atoms with Crippen molar-refractivity contribution in [3.63, 3.8) is 0 Å². The monoisotopic (exact) mass is 227 g/mol. The third-order valence-electron chi connectivity index (χ3n) is 3.09. The first kappa shape index (κ1) is 12.8. The molecule has 0 bridgehead atoms. The number of oxime groups is 1. The highest BCUT2D eigenvalue weighted by atomic mass is 16.4. The second-order valence-electron chi connectivity index (χ2n) is 4.38. The van der Waals surface area contributed by atoms with Crippen LogP contribution in [0.25, 0.3) is 0 Å². The van der Waals surface area contributed by atoms with Crippen LogP contribution in [0.2, 0.25) is 0 Å². The van der Waals surface area contributed by atoms with E-state index in [2.05, 4.69) is 10.5 Å². The minimum Gasteiger partial charge on any atom is -0.409 e. The maximum atomic E-state index is 11.4. The van der Waals surface area contributed by atoms with E-state index in [1.807, 2.05) is 0 Å². The zero-order valence-corrected chi connectivity index (χ0v) is 9.61. The quantitative estimate of drug-likeness (QED) is 0.276. The maximum absolute atomic E-state index is 11.4. The number of hydrogen-bond acceptors (Lipinski definition) is 3. The minimum atomic E-state index is 0.0673. The number of rotatable bonds is 6.